The molecule has 1 aliphatic rings. The van der Waals surface area contributed by atoms with Gasteiger partial charge in [0.05, 0.1) is 18.1 Å². The van der Waals surface area contributed by atoms with Crippen LogP contribution in [0.5, 0.6) is 0 Å². The van der Waals surface area contributed by atoms with Crippen LogP contribution in [-0.2, 0) is 29.1 Å². The second kappa shape index (κ2) is 9.26. The minimum Gasteiger partial charge on any atom is -0.452 e. The van der Waals surface area contributed by atoms with E-state index in [1.165, 1.54) is 45.2 Å². The number of ketones is 1. The maximum Gasteiger partial charge on any atom is 0.322 e. The van der Waals surface area contributed by atoms with Gasteiger partial charge < -0.3 is 14.4 Å². The minimum atomic E-state index is -3.94. The third-order valence-corrected chi connectivity index (χ3v) is 6.12. The highest BCUT2D eigenvalue weighted by Crippen LogP contribution is 2.16. The summed E-state index contributed by atoms with van der Waals surface area (Å²) in [6.45, 7) is 3.98. The molecule has 0 aromatic heterocycles. The second-order valence-corrected chi connectivity index (χ2v) is 8.46. The van der Waals surface area contributed by atoms with Gasteiger partial charge in [0.1, 0.15) is 6.54 Å². The molecule has 1 fully saturated rings. The van der Waals surface area contributed by atoms with Crippen LogP contribution in [0.4, 0.5) is 0 Å². The van der Waals surface area contributed by atoms with E-state index < -0.39 is 28.6 Å². The Kier molecular flexibility index (Phi) is 7.28. The standard InChI is InChI=1S/C18H24N2O7S/c1-13(21)15-4-6-16(7-5-15)28(24,25)19(3)12-17(22)27-14(2)18(23)20-8-10-26-11-9-20/h4-7,14H,8-12H2,1-3H3. The molecule has 1 aromatic rings. The minimum absolute atomic E-state index is 0.0507. The van der Waals surface area contributed by atoms with Crippen molar-refractivity contribution in [3.05, 3.63) is 29.8 Å². The van der Waals surface area contributed by atoms with Crippen LogP contribution in [-0.4, -0.2) is 81.3 Å². The normalized spacial score (nSPS) is 15.9. The van der Waals surface area contributed by atoms with Gasteiger partial charge in [-0.1, -0.05) is 12.1 Å². The largest absolute Gasteiger partial charge is 0.452 e. The Morgan fingerprint density at radius 2 is 1.75 bits per heavy atom. The molecule has 0 N–H and O–H groups in total. The number of amides is 1. The molecule has 1 saturated heterocycles. The highest BCUT2D eigenvalue weighted by molar-refractivity contribution is 7.89. The van der Waals surface area contributed by atoms with Gasteiger partial charge >= 0.3 is 5.97 Å². The van der Waals surface area contributed by atoms with Crippen molar-refractivity contribution in [3.63, 3.8) is 0 Å². The topological polar surface area (TPSA) is 110 Å². The van der Waals surface area contributed by atoms with Crippen LogP contribution >= 0.6 is 0 Å². The number of rotatable bonds is 7. The van der Waals surface area contributed by atoms with Crippen LogP contribution in [0.2, 0.25) is 0 Å². The third kappa shape index (κ3) is 5.37. The van der Waals surface area contributed by atoms with E-state index in [0.717, 1.165) is 4.31 Å². The summed E-state index contributed by atoms with van der Waals surface area (Å²) in [6, 6.07) is 5.42. The summed E-state index contributed by atoms with van der Waals surface area (Å²) in [5.74, 6) is -1.36. The lowest BCUT2D eigenvalue weighted by Crippen LogP contribution is -2.46. The van der Waals surface area contributed by atoms with E-state index in [0.29, 0.717) is 31.9 Å². The summed E-state index contributed by atoms with van der Waals surface area (Å²) >= 11 is 0. The molecule has 0 aliphatic carbocycles. The first kappa shape index (κ1) is 22.0. The molecule has 0 bridgehead atoms. The zero-order chi connectivity index (χ0) is 20.9. The molecular weight excluding hydrogens is 388 g/mol. The van der Waals surface area contributed by atoms with Crippen molar-refractivity contribution >= 4 is 27.7 Å². The number of hydrogen-bond donors (Lipinski definition) is 0. The van der Waals surface area contributed by atoms with Gasteiger partial charge in [0, 0.05) is 25.7 Å². The van der Waals surface area contributed by atoms with Gasteiger partial charge in [-0.3, -0.25) is 14.4 Å². The Morgan fingerprint density at radius 3 is 2.29 bits per heavy atom. The van der Waals surface area contributed by atoms with E-state index >= 15 is 0 Å². The highest BCUT2D eigenvalue weighted by Gasteiger charge is 2.28. The molecule has 1 heterocycles. The number of benzene rings is 1. The molecule has 0 radical (unpaired) electrons. The smallest absolute Gasteiger partial charge is 0.322 e. The molecule has 28 heavy (non-hydrogen) atoms. The first-order chi connectivity index (χ1) is 13.1. The molecule has 1 unspecified atom stereocenters. The van der Waals surface area contributed by atoms with Crippen molar-refractivity contribution in [2.75, 3.05) is 39.9 Å². The van der Waals surface area contributed by atoms with Gasteiger partial charge in [-0.25, -0.2) is 8.42 Å². The number of esters is 1. The SMILES string of the molecule is CC(=O)c1ccc(S(=O)(=O)N(C)CC(=O)OC(C)C(=O)N2CCOCC2)cc1. The number of sulfonamides is 1. The maximum absolute atomic E-state index is 12.6. The summed E-state index contributed by atoms with van der Waals surface area (Å²) in [5.41, 5.74) is 0.386. The summed E-state index contributed by atoms with van der Waals surface area (Å²) in [7, 11) is -2.70. The fourth-order valence-electron chi connectivity index (χ4n) is 2.63. The van der Waals surface area contributed by atoms with Crippen LogP contribution in [0.3, 0.4) is 0 Å². The quantitative estimate of drug-likeness (QED) is 0.468. The van der Waals surface area contributed by atoms with E-state index in [1.807, 2.05) is 0 Å². The molecule has 1 aromatic carbocycles. The Balaban J connectivity index is 1.96. The van der Waals surface area contributed by atoms with Crippen LogP contribution in [0.15, 0.2) is 29.2 Å². The number of carbonyl (C=O) groups excluding carboxylic acids is 3. The first-order valence-corrected chi connectivity index (χ1v) is 10.2. The van der Waals surface area contributed by atoms with Gasteiger partial charge in [-0.15, -0.1) is 0 Å². The summed E-state index contributed by atoms with van der Waals surface area (Å²) in [6.07, 6.45) is -1.02. The summed E-state index contributed by atoms with van der Waals surface area (Å²) in [5, 5.41) is 0. The van der Waals surface area contributed by atoms with E-state index in [1.54, 1.807) is 4.90 Å². The molecule has 1 atom stereocenters. The molecule has 10 heteroatoms. The lowest BCUT2D eigenvalue weighted by molar-refractivity contribution is -0.160. The number of ether oxygens (including phenoxy) is 2. The molecule has 1 amide bonds. The average Bonchev–Trinajstić information content (AvgIpc) is 2.67. The Labute approximate surface area is 164 Å². The monoisotopic (exact) mass is 412 g/mol. The number of morpholine rings is 1. The maximum atomic E-state index is 12.6. The van der Waals surface area contributed by atoms with Gasteiger partial charge in [-0.05, 0) is 26.0 Å². The van der Waals surface area contributed by atoms with Crippen LogP contribution in [0.25, 0.3) is 0 Å². The number of likely N-dealkylation sites (N-methyl/N-ethyl adjacent to an activating group) is 1. The third-order valence-electron chi connectivity index (χ3n) is 4.30. The zero-order valence-corrected chi connectivity index (χ0v) is 16.9. The average molecular weight is 412 g/mol. The Bertz CT molecular complexity index is 830. The van der Waals surface area contributed by atoms with Gasteiger partial charge in [0.15, 0.2) is 11.9 Å². The lowest BCUT2D eigenvalue weighted by Gasteiger charge is -2.29. The van der Waals surface area contributed by atoms with Gasteiger partial charge in [0.25, 0.3) is 5.91 Å². The molecule has 0 spiro atoms. The lowest BCUT2D eigenvalue weighted by atomic mass is 10.2. The summed E-state index contributed by atoms with van der Waals surface area (Å²) in [4.78, 5) is 37.2. The molecule has 1 aliphatic heterocycles. The van der Waals surface area contributed by atoms with Crippen molar-refractivity contribution in [3.8, 4) is 0 Å². The number of Topliss-reactive ketones (excluding diaryl/α,β-unsaturated/α-hetero) is 1. The van der Waals surface area contributed by atoms with E-state index in [9.17, 15) is 22.8 Å². The molecule has 9 nitrogen and oxygen atoms in total. The van der Waals surface area contributed by atoms with Crippen molar-refractivity contribution in [1.82, 2.24) is 9.21 Å². The number of hydrogen-bond acceptors (Lipinski definition) is 7. The highest BCUT2D eigenvalue weighted by atomic mass is 32.2. The van der Waals surface area contributed by atoms with Crippen LogP contribution < -0.4 is 0 Å². The molecule has 154 valence electrons. The molecule has 0 saturated carbocycles. The molecule has 2 rings (SSSR count). The summed E-state index contributed by atoms with van der Waals surface area (Å²) < 4.78 is 36.2. The Hall–Kier alpha value is -2.30. The van der Waals surface area contributed by atoms with E-state index in [-0.39, 0.29) is 16.6 Å². The number of nitrogens with zero attached hydrogens (tertiary/aromatic N) is 2. The zero-order valence-electron chi connectivity index (χ0n) is 16.1. The molecular formula is C18H24N2O7S. The predicted octanol–water partition coefficient (Wildman–Crippen LogP) is 0.300. The van der Waals surface area contributed by atoms with Gasteiger partial charge in [-0.2, -0.15) is 4.31 Å². The Morgan fingerprint density at radius 1 is 1.18 bits per heavy atom. The fourth-order valence-corrected chi connectivity index (χ4v) is 3.75. The van der Waals surface area contributed by atoms with E-state index in [4.69, 9.17) is 9.47 Å². The fraction of sp³-hybridized carbons (Fsp3) is 0.500. The first-order valence-electron chi connectivity index (χ1n) is 8.76. The predicted molar refractivity (Wildman–Crippen MR) is 99.2 cm³/mol. The number of carbonyl (C=O) groups is 3. The van der Waals surface area contributed by atoms with Gasteiger partial charge in [0.2, 0.25) is 10.0 Å². The second-order valence-electron chi connectivity index (χ2n) is 6.41. The van der Waals surface area contributed by atoms with E-state index in [2.05, 4.69) is 0 Å². The van der Waals surface area contributed by atoms with Crippen molar-refractivity contribution in [2.24, 2.45) is 0 Å². The van der Waals surface area contributed by atoms with Crippen LogP contribution in [0, 0.1) is 0 Å². The van der Waals surface area contributed by atoms with Crippen LogP contribution in [0.1, 0.15) is 24.2 Å². The van der Waals surface area contributed by atoms with Crippen molar-refractivity contribution in [1.29, 1.82) is 0 Å². The van der Waals surface area contributed by atoms with Crippen molar-refractivity contribution < 1.29 is 32.3 Å². The van der Waals surface area contributed by atoms with Crippen molar-refractivity contribution in [2.45, 2.75) is 24.8 Å².